The zero-order valence-corrected chi connectivity index (χ0v) is 10.5. The smallest absolute Gasteiger partial charge is 0.147 e. The lowest BCUT2D eigenvalue weighted by molar-refractivity contribution is -0.133. The molecule has 1 heterocycles. The van der Waals surface area contributed by atoms with Crippen molar-refractivity contribution in [3.63, 3.8) is 0 Å². The molecular formula is C12H16ClNO3. The molecule has 0 saturated carbocycles. The number of ether oxygens (including phenoxy) is 3. The maximum atomic E-state index is 5.95. The van der Waals surface area contributed by atoms with Crippen molar-refractivity contribution in [2.75, 3.05) is 32.4 Å². The van der Waals surface area contributed by atoms with Crippen LogP contribution in [0.5, 0.6) is 5.75 Å². The lowest BCUT2D eigenvalue weighted by atomic mass is 10.2. The monoisotopic (exact) mass is 257 g/mol. The van der Waals surface area contributed by atoms with Crippen LogP contribution in [0.3, 0.4) is 0 Å². The number of anilines is 1. The lowest BCUT2D eigenvalue weighted by Crippen LogP contribution is -2.30. The highest BCUT2D eigenvalue weighted by Gasteiger charge is 2.13. The quantitative estimate of drug-likeness (QED) is 0.900. The first-order chi connectivity index (χ1) is 8.29. The van der Waals surface area contributed by atoms with E-state index in [1.807, 2.05) is 18.2 Å². The molecule has 94 valence electrons. The van der Waals surface area contributed by atoms with Crippen LogP contribution >= 0.6 is 11.6 Å². The average molecular weight is 258 g/mol. The Morgan fingerprint density at radius 2 is 2.41 bits per heavy atom. The van der Waals surface area contributed by atoms with E-state index in [1.165, 1.54) is 0 Å². The summed E-state index contributed by atoms with van der Waals surface area (Å²) in [5.41, 5.74) is 0.973. The number of methoxy groups -OCH3 is 1. The minimum absolute atomic E-state index is 0.199. The fourth-order valence-corrected chi connectivity index (χ4v) is 1.86. The highest BCUT2D eigenvalue weighted by molar-refractivity contribution is 6.32. The second kappa shape index (κ2) is 6.10. The van der Waals surface area contributed by atoms with Crippen LogP contribution < -0.4 is 10.1 Å². The van der Waals surface area contributed by atoms with Gasteiger partial charge in [-0.05, 0) is 18.6 Å². The van der Waals surface area contributed by atoms with Crippen molar-refractivity contribution in [1.29, 1.82) is 0 Å². The van der Waals surface area contributed by atoms with Gasteiger partial charge >= 0.3 is 0 Å². The Hall–Kier alpha value is -0.970. The summed E-state index contributed by atoms with van der Waals surface area (Å²) in [4.78, 5) is 0. The summed E-state index contributed by atoms with van der Waals surface area (Å²) in [6.07, 6.45) is 1.11. The maximum Gasteiger partial charge on any atom is 0.147 e. The number of nitrogens with one attached hydrogen (secondary N) is 1. The van der Waals surface area contributed by atoms with E-state index in [0.717, 1.165) is 25.3 Å². The van der Waals surface area contributed by atoms with Crippen molar-refractivity contribution in [2.24, 2.45) is 0 Å². The molecule has 1 aliphatic heterocycles. The number of hydrogen-bond acceptors (Lipinski definition) is 4. The molecule has 1 aromatic carbocycles. The third-order valence-electron chi connectivity index (χ3n) is 2.66. The maximum absolute atomic E-state index is 5.95. The third kappa shape index (κ3) is 3.49. The van der Waals surface area contributed by atoms with E-state index in [-0.39, 0.29) is 6.10 Å². The minimum Gasteiger partial charge on any atom is -0.495 e. The molecule has 0 radical (unpaired) electrons. The third-order valence-corrected chi connectivity index (χ3v) is 2.97. The van der Waals surface area contributed by atoms with Gasteiger partial charge in [0.2, 0.25) is 0 Å². The number of rotatable bonds is 4. The predicted molar refractivity (Wildman–Crippen MR) is 66.8 cm³/mol. The van der Waals surface area contributed by atoms with E-state index in [0.29, 0.717) is 17.6 Å². The highest BCUT2D eigenvalue weighted by atomic mass is 35.5. The molecular weight excluding hydrogens is 242 g/mol. The summed E-state index contributed by atoms with van der Waals surface area (Å²) in [6, 6.07) is 5.61. The van der Waals surface area contributed by atoms with Gasteiger partial charge in [0.15, 0.2) is 0 Å². The van der Waals surface area contributed by atoms with E-state index < -0.39 is 0 Å². The van der Waals surface area contributed by atoms with Gasteiger partial charge in [-0.25, -0.2) is 0 Å². The molecule has 1 aliphatic rings. The van der Waals surface area contributed by atoms with E-state index >= 15 is 0 Å². The second-order valence-electron chi connectivity index (χ2n) is 3.83. The van der Waals surface area contributed by atoms with E-state index in [1.54, 1.807) is 7.11 Å². The topological polar surface area (TPSA) is 39.7 Å². The van der Waals surface area contributed by atoms with Crippen LogP contribution in [0.1, 0.15) is 6.42 Å². The standard InChI is InChI=1S/C12H16ClNO3/c1-15-12-6-9(2-3-11(12)13)14-7-10-4-5-16-8-17-10/h2-3,6,10,14H,4-5,7-8H2,1H3. The van der Waals surface area contributed by atoms with Crippen molar-refractivity contribution >= 4 is 17.3 Å². The SMILES string of the molecule is COc1cc(NCC2CCOCO2)ccc1Cl. The Morgan fingerprint density at radius 1 is 1.53 bits per heavy atom. The van der Waals surface area contributed by atoms with Gasteiger partial charge in [-0.3, -0.25) is 0 Å². The summed E-state index contributed by atoms with van der Waals surface area (Å²) in [5, 5.41) is 3.91. The Balaban J connectivity index is 1.89. The first-order valence-electron chi connectivity index (χ1n) is 5.56. The summed E-state index contributed by atoms with van der Waals surface area (Å²) in [5.74, 6) is 0.671. The summed E-state index contributed by atoms with van der Waals surface area (Å²) >= 11 is 5.95. The predicted octanol–water partition coefficient (Wildman–Crippen LogP) is 2.52. The Morgan fingerprint density at radius 3 is 3.12 bits per heavy atom. The molecule has 0 bridgehead atoms. The van der Waals surface area contributed by atoms with Crippen molar-refractivity contribution in [3.05, 3.63) is 23.2 Å². The molecule has 1 unspecified atom stereocenters. The van der Waals surface area contributed by atoms with E-state index in [2.05, 4.69) is 5.32 Å². The van der Waals surface area contributed by atoms with Gasteiger partial charge in [-0.1, -0.05) is 11.6 Å². The second-order valence-corrected chi connectivity index (χ2v) is 4.24. The van der Waals surface area contributed by atoms with Crippen LogP contribution in [0.2, 0.25) is 5.02 Å². The van der Waals surface area contributed by atoms with Crippen molar-refractivity contribution < 1.29 is 14.2 Å². The Bertz CT molecular complexity index is 367. The van der Waals surface area contributed by atoms with Crippen molar-refractivity contribution in [3.8, 4) is 5.75 Å². The molecule has 4 nitrogen and oxygen atoms in total. The largest absolute Gasteiger partial charge is 0.495 e. The van der Waals surface area contributed by atoms with Crippen LogP contribution in [0, 0.1) is 0 Å². The summed E-state index contributed by atoms with van der Waals surface area (Å²) in [6.45, 7) is 1.90. The van der Waals surface area contributed by atoms with Crippen molar-refractivity contribution in [2.45, 2.75) is 12.5 Å². The molecule has 0 amide bonds. The van der Waals surface area contributed by atoms with Gasteiger partial charge in [-0.15, -0.1) is 0 Å². The van der Waals surface area contributed by atoms with Crippen LogP contribution in [-0.2, 0) is 9.47 Å². The van der Waals surface area contributed by atoms with Gasteiger partial charge < -0.3 is 19.5 Å². The van der Waals surface area contributed by atoms with E-state index in [9.17, 15) is 0 Å². The molecule has 0 aliphatic carbocycles. The zero-order valence-electron chi connectivity index (χ0n) is 9.74. The molecule has 2 rings (SSSR count). The average Bonchev–Trinajstić information content (AvgIpc) is 2.39. The highest BCUT2D eigenvalue weighted by Crippen LogP contribution is 2.27. The molecule has 0 spiro atoms. The molecule has 1 aromatic rings. The Kier molecular flexibility index (Phi) is 4.48. The molecule has 5 heteroatoms. The van der Waals surface area contributed by atoms with Gasteiger partial charge in [-0.2, -0.15) is 0 Å². The summed E-state index contributed by atoms with van der Waals surface area (Å²) in [7, 11) is 1.60. The van der Waals surface area contributed by atoms with E-state index in [4.69, 9.17) is 25.8 Å². The normalized spacial score (nSPS) is 20.0. The number of hydrogen-bond donors (Lipinski definition) is 1. The molecule has 1 saturated heterocycles. The van der Waals surface area contributed by atoms with Crippen LogP contribution in [0.4, 0.5) is 5.69 Å². The Labute approximate surface area is 106 Å². The van der Waals surface area contributed by atoms with Crippen molar-refractivity contribution in [1.82, 2.24) is 0 Å². The van der Waals surface area contributed by atoms with Gasteiger partial charge in [0.05, 0.1) is 24.8 Å². The van der Waals surface area contributed by atoms with Crippen LogP contribution in [0.25, 0.3) is 0 Å². The summed E-state index contributed by atoms with van der Waals surface area (Å²) < 4.78 is 15.7. The first-order valence-corrected chi connectivity index (χ1v) is 5.94. The molecule has 1 N–H and O–H groups in total. The molecule has 1 atom stereocenters. The zero-order chi connectivity index (χ0) is 12.1. The van der Waals surface area contributed by atoms with Gasteiger partial charge in [0.25, 0.3) is 0 Å². The molecule has 1 fully saturated rings. The number of halogens is 1. The molecule has 0 aromatic heterocycles. The fraction of sp³-hybridized carbons (Fsp3) is 0.500. The van der Waals surface area contributed by atoms with Gasteiger partial charge in [0, 0.05) is 18.3 Å². The van der Waals surface area contributed by atoms with Gasteiger partial charge in [0.1, 0.15) is 12.5 Å². The lowest BCUT2D eigenvalue weighted by Gasteiger charge is -2.23. The van der Waals surface area contributed by atoms with Crippen LogP contribution in [-0.4, -0.2) is 33.2 Å². The minimum atomic E-state index is 0.199. The number of benzene rings is 1. The fourth-order valence-electron chi connectivity index (χ4n) is 1.66. The van der Waals surface area contributed by atoms with Crippen LogP contribution in [0.15, 0.2) is 18.2 Å². The molecule has 17 heavy (non-hydrogen) atoms. The first kappa shape index (κ1) is 12.5.